The maximum atomic E-state index is 12.0. The Morgan fingerprint density at radius 1 is 1.10 bits per heavy atom. The molecule has 0 spiro atoms. The third kappa shape index (κ3) is 4.06. The normalized spacial score (nSPS) is 11.3. The van der Waals surface area contributed by atoms with Crippen molar-refractivity contribution in [1.82, 2.24) is 5.43 Å². The van der Waals surface area contributed by atoms with E-state index < -0.39 is 0 Å². The van der Waals surface area contributed by atoms with Gasteiger partial charge in [-0.25, -0.2) is 5.43 Å². The van der Waals surface area contributed by atoms with Gasteiger partial charge >= 0.3 is 0 Å². The van der Waals surface area contributed by atoms with E-state index >= 15 is 0 Å². The van der Waals surface area contributed by atoms with Gasteiger partial charge in [-0.3, -0.25) is 4.79 Å². The Hall–Kier alpha value is -1.84. The second kappa shape index (κ2) is 6.74. The molecule has 0 heterocycles. The van der Waals surface area contributed by atoms with Gasteiger partial charge in [0, 0.05) is 5.02 Å². The quantitative estimate of drug-likeness (QED) is 0.658. The summed E-state index contributed by atoms with van der Waals surface area (Å²) in [6, 6.07) is 12.6. The maximum absolute atomic E-state index is 12.0. The van der Waals surface area contributed by atoms with E-state index in [4.69, 9.17) is 23.2 Å². The first kappa shape index (κ1) is 15.5. The van der Waals surface area contributed by atoms with Gasteiger partial charge in [0.15, 0.2) is 0 Å². The monoisotopic (exact) mass is 320 g/mol. The predicted octanol–water partition coefficient (Wildman–Crippen LogP) is 4.46. The second-order valence-electron chi connectivity index (χ2n) is 4.63. The highest BCUT2D eigenvalue weighted by molar-refractivity contribution is 6.36. The molecule has 0 aliphatic rings. The predicted molar refractivity (Wildman–Crippen MR) is 87.3 cm³/mol. The molecular formula is C16H14Cl2N2O. The van der Waals surface area contributed by atoms with Crippen LogP contribution in [-0.4, -0.2) is 11.6 Å². The van der Waals surface area contributed by atoms with Gasteiger partial charge < -0.3 is 0 Å². The molecule has 108 valence electrons. The van der Waals surface area contributed by atoms with Gasteiger partial charge in [-0.05, 0) is 37.6 Å². The number of rotatable bonds is 3. The number of hydrazone groups is 1. The number of carbonyl (C=O) groups is 1. The van der Waals surface area contributed by atoms with Crippen molar-refractivity contribution < 1.29 is 4.79 Å². The molecule has 0 fully saturated rings. The minimum Gasteiger partial charge on any atom is -0.267 e. The van der Waals surface area contributed by atoms with Crippen LogP contribution in [0.3, 0.4) is 0 Å². The molecule has 0 aromatic heterocycles. The van der Waals surface area contributed by atoms with Crippen molar-refractivity contribution in [2.75, 3.05) is 0 Å². The van der Waals surface area contributed by atoms with E-state index in [1.54, 1.807) is 12.1 Å². The van der Waals surface area contributed by atoms with Crippen molar-refractivity contribution >= 4 is 34.8 Å². The molecule has 0 radical (unpaired) electrons. The Balaban J connectivity index is 2.12. The third-order valence-corrected chi connectivity index (χ3v) is 3.52. The van der Waals surface area contributed by atoms with Crippen LogP contribution < -0.4 is 5.43 Å². The summed E-state index contributed by atoms with van der Waals surface area (Å²) in [5.41, 5.74) is 5.66. The van der Waals surface area contributed by atoms with E-state index in [-0.39, 0.29) is 5.91 Å². The van der Waals surface area contributed by atoms with E-state index in [1.807, 2.05) is 38.1 Å². The van der Waals surface area contributed by atoms with Gasteiger partial charge in [-0.2, -0.15) is 5.10 Å². The number of carbonyl (C=O) groups excluding carboxylic acids is 1. The van der Waals surface area contributed by atoms with Gasteiger partial charge in [0.25, 0.3) is 5.91 Å². The van der Waals surface area contributed by atoms with Gasteiger partial charge in [0.1, 0.15) is 0 Å². The van der Waals surface area contributed by atoms with Crippen LogP contribution in [0.4, 0.5) is 0 Å². The van der Waals surface area contributed by atoms with E-state index in [2.05, 4.69) is 10.5 Å². The molecule has 0 aliphatic carbocycles. The molecule has 0 saturated heterocycles. The van der Waals surface area contributed by atoms with Crippen LogP contribution in [0.2, 0.25) is 10.0 Å². The van der Waals surface area contributed by atoms with Gasteiger partial charge in [0.05, 0.1) is 16.3 Å². The number of nitrogens with zero attached hydrogens (tertiary/aromatic N) is 1. The Morgan fingerprint density at radius 3 is 2.38 bits per heavy atom. The molecule has 2 aromatic rings. The van der Waals surface area contributed by atoms with Crippen molar-refractivity contribution in [2.24, 2.45) is 5.10 Å². The number of hydrogen-bond acceptors (Lipinski definition) is 2. The molecule has 0 unspecified atom stereocenters. The molecule has 3 nitrogen and oxygen atoms in total. The highest BCUT2D eigenvalue weighted by atomic mass is 35.5. The summed E-state index contributed by atoms with van der Waals surface area (Å²) in [7, 11) is 0. The molecule has 1 amide bonds. The Labute approximate surface area is 133 Å². The van der Waals surface area contributed by atoms with Gasteiger partial charge in [0.2, 0.25) is 0 Å². The van der Waals surface area contributed by atoms with Crippen molar-refractivity contribution in [1.29, 1.82) is 0 Å². The fourth-order valence-electron chi connectivity index (χ4n) is 1.73. The van der Waals surface area contributed by atoms with E-state index in [9.17, 15) is 4.79 Å². The molecule has 2 rings (SSSR count). The number of aryl methyl sites for hydroxylation is 1. The highest BCUT2D eigenvalue weighted by Gasteiger charge is 2.10. The number of benzene rings is 2. The number of nitrogens with one attached hydrogen (secondary N) is 1. The lowest BCUT2D eigenvalue weighted by Crippen LogP contribution is -2.19. The maximum Gasteiger partial charge on any atom is 0.272 e. The van der Waals surface area contributed by atoms with Crippen LogP contribution in [0.1, 0.15) is 28.4 Å². The Bertz CT molecular complexity index is 694. The average molecular weight is 321 g/mol. The van der Waals surface area contributed by atoms with Crippen molar-refractivity contribution in [3.05, 3.63) is 69.2 Å². The molecule has 0 aliphatic heterocycles. The van der Waals surface area contributed by atoms with E-state index in [0.29, 0.717) is 21.3 Å². The molecule has 0 saturated carbocycles. The first-order valence-corrected chi connectivity index (χ1v) is 7.09. The lowest BCUT2D eigenvalue weighted by atomic mass is 10.1. The van der Waals surface area contributed by atoms with Crippen LogP contribution in [0, 0.1) is 6.92 Å². The summed E-state index contributed by atoms with van der Waals surface area (Å²) in [5, 5.41) is 4.87. The fourth-order valence-corrected chi connectivity index (χ4v) is 2.22. The smallest absolute Gasteiger partial charge is 0.267 e. The zero-order chi connectivity index (χ0) is 15.4. The Kier molecular flexibility index (Phi) is 4.99. The third-order valence-electron chi connectivity index (χ3n) is 2.97. The largest absolute Gasteiger partial charge is 0.272 e. The van der Waals surface area contributed by atoms with Crippen molar-refractivity contribution in [3.8, 4) is 0 Å². The van der Waals surface area contributed by atoms with Gasteiger partial charge in [-0.1, -0.05) is 53.0 Å². The first-order chi connectivity index (χ1) is 9.97. The van der Waals surface area contributed by atoms with E-state index in [1.165, 1.54) is 11.6 Å². The molecule has 1 N–H and O–H groups in total. The standard InChI is InChI=1S/C16H14Cl2N2O/c1-10-3-5-12(6-4-10)11(2)19-20-16(21)14-8-7-13(17)9-15(14)18/h3-9H,1-2H3,(H,20,21)/b19-11-. The van der Waals surface area contributed by atoms with Crippen molar-refractivity contribution in [3.63, 3.8) is 0 Å². The lowest BCUT2D eigenvalue weighted by molar-refractivity contribution is 0.0955. The lowest BCUT2D eigenvalue weighted by Gasteiger charge is -2.05. The topological polar surface area (TPSA) is 41.5 Å². The molecule has 5 heteroatoms. The zero-order valence-corrected chi connectivity index (χ0v) is 13.2. The summed E-state index contributed by atoms with van der Waals surface area (Å²) in [6.45, 7) is 3.84. The minimum absolute atomic E-state index is 0.295. The molecule has 0 atom stereocenters. The van der Waals surface area contributed by atoms with Crippen molar-refractivity contribution in [2.45, 2.75) is 13.8 Å². The summed E-state index contributed by atoms with van der Waals surface area (Å²) < 4.78 is 0. The summed E-state index contributed by atoms with van der Waals surface area (Å²) >= 11 is 11.8. The van der Waals surface area contributed by atoms with Crippen LogP contribution in [0.15, 0.2) is 47.6 Å². The highest BCUT2D eigenvalue weighted by Crippen LogP contribution is 2.20. The minimum atomic E-state index is -0.372. The summed E-state index contributed by atoms with van der Waals surface area (Å²) in [4.78, 5) is 12.0. The molecule has 2 aromatic carbocycles. The van der Waals surface area contributed by atoms with Crippen LogP contribution in [0.25, 0.3) is 0 Å². The number of halogens is 2. The second-order valence-corrected chi connectivity index (χ2v) is 5.47. The summed E-state index contributed by atoms with van der Waals surface area (Å²) in [5.74, 6) is -0.372. The molecule has 0 bridgehead atoms. The molecular weight excluding hydrogens is 307 g/mol. The Morgan fingerprint density at radius 2 is 1.76 bits per heavy atom. The van der Waals surface area contributed by atoms with E-state index in [0.717, 1.165) is 5.56 Å². The summed E-state index contributed by atoms with van der Waals surface area (Å²) in [6.07, 6.45) is 0. The van der Waals surface area contributed by atoms with Crippen LogP contribution in [0.5, 0.6) is 0 Å². The first-order valence-electron chi connectivity index (χ1n) is 6.34. The SMILES string of the molecule is C/C(=N/NC(=O)c1ccc(Cl)cc1Cl)c1ccc(C)cc1. The van der Waals surface area contributed by atoms with Gasteiger partial charge in [-0.15, -0.1) is 0 Å². The van der Waals surface area contributed by atoms with Crippen LogP contribution in [-0.2, 0) is 0 Å². The molecule has 21 heavy (non-hydrogen) atoms. The van der Waals surface area contributed by atoms with Crippen LogP contribution >= 0.6 is 23.2 Å². The fraction of sp³-hybridized carbons (Fsp3) is 0.125. The zero-order valence-electron chi connectivity index (χ0n) is 11.7. The number of amides is 1. The number of hydrogen-bond donors (Lipinski definition) is 1. The average Bonchev–Trinajstić information content (AvgIpc) is 2.45.